The summed E-state index contributed by atoms with van der Waals surface area (Å²) >= 11 is 0. The summed E-state index contributed by atoms with van der Waals surface area (Å²) in [5.41, 5.74) is -7.58. The van der Waals surface area contributed by atoms with Crippen LogP contribution in [0.15, 0.2) is 24.3 Å². The van der Waals surface area contributed by atoms with Gasteiger partial charge in [0.15, 0.2) is 23.3 Å². The molecule has 0 radical (unpaired) electrons. The van der Waals surface area contributed by atoms with Crippen LogP contribution in [0, 0.1) is 34.9 Å². The number of aliphatic hydroxyl groups excluding tert-OH is 4. The third-order valence-electron chi connectivity index (χ3n) is 5.84. The van der Waals surface area contributed by atoms with Crippen LogP contribution < -0.4 is 0 Å². The standard InChI is InChI=1S/C23H26F6O6/c1-2-3-22(34,8-11-4-13(24)6-15(26)18(11)28)21(33)23(35,20(32)17(31)10-30)9-12-5-14(25)7-16(27)19(12)29/h4-7,17,20-21,30-35H,2-3,8-10H2,1H3/t17-,20+,21+,22?,23+/m0/s1. The fraction of sp³-hybridized carbons (Fsp3) is 0.478. The summed E-state index contributed by atoms with van der Waals surface area (Å²) < 4.78 is 83.4. The Hall–Kier alpha value is -2.22. The monoisotopic (exact) mass is 512 g/mol. The zero-order chi connectivity index (χ0) is 26.7. The summed E-state index contributed by atoms with van der Waals surface area (Å²) in [5, 5.41) is 63.1. The molecule has 0 aromatic heterocycles. The van der Waals surface area contributed by atoms with Crippen molar-refractivity contribution in [2.45, 2.75) is 62.1 Å². The lowest BCUT2D eigenvalue weighted by atomic mass is 9.71. The molecular weight excluding hydrogens is 486 g/mol. The average molecular weight is 512 g/mol. The summed E-state index contributed by atoms with van der Waals surface area (Å²) in [6, 6.07) is 1.36. The van der Waals surface area contributed by atoms with Crippen molar-refractivity contribution in [1.82, 2.24) is 0 Å². The molecule has 0 aliphatic carbocycles. The molecular formula is C23H26F6O6. The first-order valence-electron chi connectivity index (χ1n) is 10.6. The highest BCUT2D eigenvalue weighted by Crippen LogP contribution is 2.36. The summed E-state index contributed by atoms with van der Waals surface area (Å²) in [4.78, 5) is 0. The van der Waals surface area contributed by atoms with Crippen molar-refractivity contribution in [2.24, 2.45) is 0 Å². The number of halogens is 6. The van der Waals surface area contributed by atoms with E-state index in [4.69, 9.17) is 0 Å². The maximum absolute atomic E-state index is 14.3. The molecule has 0 aliphatic rings. The lowest BCUT2D eigenvalue weighted by Crippen LogP contribution is -2.66. The van der Waals surface area contributed by atoms with E-state index in [0.29, 0.717) is 12.1 Å². The van der Waals surface area contributed by atoms with E-state index < -0.39 is 101 Å². The number of rotatable bonds is 11. The molecule has 196 valence electrons. The fourth-order valence-corrected chi connectivity index (χ4v) is 4.13. The molecule has 2 aromatic rings. The van der Waals surface area contributed by atoms with Gasteiger partial charge in [0, 0.05) is 25.0 Å². The van der Waals surface area contributed by atoms with Gasteiger partial charge in [0.1, 0.15) is 35.5 Å². The molecule has 12 heteroatoms. The second-order valence-corrected chi connectivity index (χ2v) is 8.52. The van der Waals surface area contributed by atoms with Gasteiger partial charge >= 0.3 is 0 Å². The third kappa shape index (κ3) is 6.13. The molecule has 1 unspecified atom stereocenters. The maximum Gasteiger partial charge on any atom is 0.162 e. The summed E-state index contributed by atoms with van der Waals surface area (Å²) in [6.45, 7) is 0.270. The van der Waals surface area contributed by atoms with Crippen LogP contribution in [0.5, 0.6) is 0 Å². The second-order valence-electron chi connectivity index (χ2n) is 8.52. The van der Waals surface area contributed by atoms with Crippen LogP contribution in [0.1, 0.15) is 30.9 Å². The normalized spacial score (nSPS) is 18.0. The Kier molecular flexibility index (Phi) is 9.31. The molecule has 5 atom stereocenters. The van der Waals surface area contributed by atoms with Crippen molar-refractivity contribution in [1.29, 1.82) is 0 Å². The van der Waals surface area contributed by atoms with E-state index in [0.717, 1.165) is 0 Å². The van der Waals surface area contributed by atoms with E-state index in [1.165, 1.54) is 6.92 Å². The molecule has 6 N–H and O–H groups in total. The van der Waals surface area contributed by atoms with Gasteiger partial charge in [-0.05, 0) is 29.7 Å². The van der Waals surface area contributed by atoms with Crippen molar-refractivity contribution in [2.75, 3.05) is 6.61 Å². The topological polar surface area (TPSA) is 121 Å². The van der Waals surface area contributed by atoms with E-state index in [-0.39, 0.29) is 18.6 Å². The van der Waals surface area contributed by atoms with Crippen molar-refractivity contribution >= 4 is 0 Å². The highest BCUT2D eigenvalue weighted by Gasteiger charge is 2.54. The van der Waals surface area contributed by atoms with E-state index in [9.17, 15) is 57.0 Å². The summed E-state index contributed by atoms with van der Waals surface area (Å²) in [5.74, 6) is -9.08. The Bertz CT molecular complexity index is 1040. The Morgan fingerprint density at radius 2 is 1.23 bits per heavy atom. The van der Waals surface area contributed by atoms with E-state index in [1.54, 1.807) is 0 Å². The average Bonchev–Trinajstić information content (AvgIpc) is 2.78. The molecule has 2 aromatic carbocycles. The van der Waals surface area contributed by atoms with Crippen LogP contribution in [0.2, 0.25) is 0 Å². The molecule has 0 saturated heterocycles. The highest BCUT2D eigenvalue weighted by atomic mass is 19.2. The number of hydrogen-bond donors (Lipinski definition) is 6. The van der Waals surface area contributed by atoms with Gasteiger partial charge in [0.25, 0.3) is 0 Å². The minimum atomic E-state index is -3.21. The number of aliphatic hydroxyl groups is 6. The van der Waals surface area contributed by atoms with Crippen LogP contribution in [-0.2, 0) is 12.8 Å². The van der Waals surface area contributed by atoms with Crippen LogP contribution >= 0.6 is 0 Å². The lowest BCUT2D eigenvalue weighted by molar-refractivity contribution is -0.230. The van der Waals surface area contributed by atoms with E-state index in [1.807, 2.05) is 0 Å². The van der Waals surface area contributed by atoms with Gasteiger partial charge in [-0.25, -0.2) is 26.3 Å². The summed E-state index contributed by atoms with van der Waals surface area (Å²) in [7, 11) is 0. The van der Waals surface area contributed by atoms with Crippen LogP contribution in [0.3, 0.4) is 0 Å². The zero-order valence-corrected chi connectivity index (χ0v) is 18.5. The van der Waals surface area contributed by atoms with Gasteiger partial charge < -0.3 is 30.6 Å². The first-order valence-corrected chi connectivity index (χ1v) is 10.6. The van der Waals surface area contributed by atoms with Gasteiger partial charge in [0.05, 0.1) is 12.2 Å². The Labute approximate surface area is 196 Å². The number of hydrogen-bond acceptors (Lipinski definition) is 6. The van der Waals surface area contributed by atoms with Gasteiger partial charge in [-0.3, -0.25) is 0 Å². The van der Waals surface area contributed by atoms with Crippen molar-refractivity contribution < 1.29 is 57.0 Å². The molecule has 0 saturated carbocycles. The van der Waals surface area contributed by atoms with Crippen molar-refractivity contribution in [3.63, 3.8) is 0 Å². The zero-order valence-electron chi connectivity index (χ0n) is 18.5. The maximum atomic E-state index is 14.3. The van der Waals surface area contributed by atoms with E-state index in [2.05, 4.69) is 0 Å². The number of benzene rings is 2. The van der Waals surface area contributed by atoms with Crippen molar-refractivity contribution in [3.05, 3.63) is 70.3 Å². The predicted molar refractivity (Wildman–Crippen MR) is 110 cm³/mol. The van der Waals surface area contributed by atoms with Crippen LogP contribution in [0.25, 0.3) is 0 Å². The second kappa shape index (κ2) is 11.2. The first kappa shape index (κ1) is 29.0. The van der Waals surface area contributed by atoms with Crippen LogP contribution in [-0.4, -0.2) is 66.8 Å². The SMILES string of the molecule is CCCC(O)(Cc1cc(F)cc(F)c1F)[C@@H](O)[C@@](O)(Cc1cc(F)cc(F)c1F)[C@H](O)[C@@H](O)CO. The first-order chi connectivity index (χ1) is 16.2. The van der Waals surface area contributed by atoms with Gasteiger partial charge in [-0.15, -0.1) is 0 Å². The van der Waals surface area contributed by atoms with Gasteiger partial charge in [-0.1, -0.05) is 13.3 Å². The predicted octanol–water partition coefficient (Wildman–Crippen LogP) is 1.64. The molecule has 6 nitrogen and oxygen atoms in total. The Morgan fingerprint density at radius 1 is 0.771 bits per heavy atom. The Morgan fingerprint density at radius 3 is 1.66 bits per heavy atom. The van der Waals surface area contributed by atoms with Crippen molar-refractivity contribution in [3.8, 4) is 0 Å². The third-order valence-corrected chi connectivity index (χ3v) is 5.84. The molecule has 35 heavy (non-hydrogen) atoms. The van der Waals surface area contributed by atoms with E-state index >= 15 is 0 Å². The summed E-state index contributed by atoms with van der Waals surface area (Å²) in [6.07, 6.45) is -10.2. The molecule has 0 spiro atoms. The molecule has 0 heterocycles. The fourth-order valence-electron chi connectivity index (χ4n) is 4.13. The molecule has 0 bridgehead atoms. The van der Waals surface area contributed by atoms with Gasteiger partial charge in [0.2, 0.25) is 0 Å². The molecule has 0 fully saturated rings. The largest absolute Gasteiger partial charge is 0.394 e. The van der Waals surface area contributed by atoms with Crippen LogP contribution in [0.4, 0.5) is 26.3 Å². The molecule has 2 rings (SSSR count). The highest BCUT2D eigenvalue weighted by molar-refractivity contribution is 5.27. The quantitative estimate of drug-likeness (QED) is 0.201. The Balaban J connectivity index is 2.64. The molecule has 0 amide bonds. The smallest absolute Gasteiger partial charge is 0.162 e. The molecule has 0 aliphatic heterocycles. The van der Waals surface area contributed by atoms with Gasteiger partial charge in [-0.2, -0.15) is 0 Å². The minimum Gasteiger partial charge on any atom is -0.394 e. The minimum absolute atomic E-state index is 0.0185. The lowest BCUT2D eigenvalue weighted by Gasteiger charge is -2.46.